The molecule has 0 aromatic rings. The Morgan fingerprint density at radius 1 is 0.600 bits per heavy atom. The van der Waals surface area contributed by atoms with Crippen molar-refractivity contribution < 1.29 is 32.9 Å². The lowest BCUT2D eigenvalue weighted by molar-refractivity contribution is -0.870. The number of hydrogen-bond acceptors (Lipinski definition) is 5. The first-order valence-corrected chi connectivity index (χ1v) is 25.1. The van der Waals surface area contributed by atoms with Gasteiger partial charge in [0.1, 0.15) is 13.2 Å². The van der Waals surface area contributed by atoms with E-state index < -0.39 is 20.0 Å². The third-order valence-electron chi connectivity index (χ3n) is 10.8. The number of quaternary nitrogens is 1. The van der Waals surface area contributed by atoms with Gasteiger partial charge in [0.25, 0.3) is 0 Å². The van der Waals surface area contributed by atoms with Gasteiger partial charge in [-0.25, -0.2) is 4.57 Å². The number of phosphoric ester groups is 1. The number of hydrogen-bond donors (Lipinski definition) is 3. The molecule has 0 heterocycles. The number of unbranched alkanes of at least 4 members (excludes halogenated alkanes) is 30. The first kappa shape index (κ1) is 54.2. The zero-order chi connectivity index (χ0) is 40.7. The SMILES string of the molecule is CCCCCCCCCCCCCCCCCCCCC/C=C/C(O)C(COP(=O)(O)OCC[N+](C)(C)C)NC(=O)CCCCCCCCCCCCCC. The van der Waals surface area contributed by atoms with Crippen molar-refractivity contribution in [3.05, 3.63) is 12.2 Å². The maximum Gasteiger partial charge on any atom is 0.472 e. The summed E-state index contributed by atoms with van der Waals surface area (Å²) in [6.07, 6.45) is 44.2. The monoisotopic (exact) mass is 802 g/mol. The van der Waals surface area contributed by atoms with Crippen LogP contribution in [0.15, 0.2) is 12.2 Å². The van der Waals surface area contributed by atoms with Crippen molar-refractivity contribution in [1.82, 2.24) is 5.32 Å². The molecule has 8 nitrogen and oxygen atoms in total. The van der Waals surface area contributed by atoms with Crippen molar-refractivity contribution in [2.24, 2.45) is 0 Å². The summed E-state index contributed by atoms with van der Waals surface area (Å²) in [5.74, 6) is -0.175. The van der Waals surface area contributed by atoms with E-state index >= 15 is 0 Å². The van der Waals surface area contributed by atoms with Crippen LogP contribution in [0.2, 0.25) is 0 Å². The smallest absolute Gasteiger partial charge is 0.387 e. The van der Waals surface area contributed by atoms with E-state index in [-0.39, 0.29) is 19.1 Å². The largest absolute Gasteiger partial charge is 0.472 e. The zero-order valence-corrected chi connectivity index (χ0v) is 38.1. The van der Waals surface area contributed by atoms with Crippen LogP contribution < -0.4 is 5.32 Å². The Kier molecular flexibility index (Phi) is 38.2. The van der Waals surface area contributed by atoms with Crippen LogP contribution in [-0.4, -0.2) is 73.4 Å². The second-order valence-corrected chi connectivity index (χ2v) is 18.9. The van der Waals surface area contributed by atoms with Crippen LogP contribution in [0.4, 0.5) is 0 Å². The highest BCUT2D eigenvalue weighted by Crippen LogP contribution is 2.43. The minimum absolute atomic E-state index is 0.0646. The van der Waals surface area contributed by atoms with Crippen LogP contribution in [0, 0.1) is 0 Å². The molecule has 0 aliphatic carbocycles. The van der Waals surface area contributed by atoms with E-state index in [9.17, 15) is 19.4 Å². The number of carbonyl (C=O) groups is 1. The Balaban J connectivity index is 4.31. The van der Waals surface area contributed by atoms with Crippen molar-refractivity contribution in [2.75, 3.05) is 40.9 Å². The highest BCUT2D eigenvalue weighted by Gasteiger charge is 2.27. The number of nitrogens with one attached hydrogen (secondary N) is 1. The highest BCUT2D eigenvalue weighted by atomic mass is 31.2. The first-order chi connectivity index (χ1) is 26.5. The van der Waals surface area contributed by atoms with Crippen molar-refractivity contribution in [1.29, 1.82) is 0 Å². The van der Waals surface area contributed by atoms with Gasteiger partial charge in [-0.05, 0) is 19.3 Å². The summed E-state index contributed by atoms with van der Waals surface area (Å²) in [5.41, 5.74) is 0. The molecular formula is C46H94N2O6P+. The first-order valence-electron chi connectivity index (χ1n) is 23.6. The van der Waals surface area contributed by atoms with Crippen molar-refractivity contribution >= 4 is 13.7 Å². The van der Waals surface area contributed by atoms with Crippen molar-refractivity contribution in [3.8, 4) is 0 Å². The molecule has 0 radical (unpaired) electrons. The molecule has 0 aliphatic heterocycles. The molecule has 3 atom stereocenters. The molecule has 0 fully saturated rings. The molecule has 0 aliphatic rings. The molecule has 55 heavy (non-hydrogen) atoms. The summed E-state index contributed by atoms with van der Waals surface area (Å²) in [6, 6.07) is -0.839. The number of aliphatic hydroxyl groups excluding tert-OH is 1. The number of likely N-dealkylation sites (N-methyl/N-ethyl adjacent to an activating group) is 1. The predicted molar refractivity (Wildman–Crippen MR) is 235 cm³/mol. The molecule has 1 amide bonds. The minimum Gasteiger partial charge on any atom is -0.387 e. The standard InChI is InChI=1S/C46H93N2O6P/c1-6-8-10-12-14-16-18-20-21-22-23-24-25-26-27-28-29-31-33-35-37-39-45(49)44(43-54-55(51,52)53-42-41-48(3,4)5)47-46(50)40-38-36-34-32-30-19-17-15-13-11-9-7-2/h37,39,44-45,49H,6-36,38,40-43H2,1-5H3,(H-,47,50,51,52)/p+1/b39-37+. The minimum atomic E-state index is -4.33. The zero-order valence-electron chi connectivity index (χ0n) is 37.2. The maximum atomic E-state index is 12.8. The van der Waals surface area contributed by atoms with Gasteiger partial charge in [0.05, 0.1) is 39.9 Å². The Hall–Kier alpha value is -0.760. The predicted octanol–water partition coefficient (Wildman–Crippen LogP) is 13.1. The van der Waals surface area contributed by atoms with E-state index in [0.29, 0.717) is 17.4 Å². The Morgan fingerprint density at radius 2 is 0.964 bits per heavy atom. The van der Waals surface area contributed by atoms with Gasteiger partial charge in [0, 0.05) is 6.42 Å². The second-order valence-electron chi connectivity index (χ2n) is 17.5. The lowest BCUT2D eigenvalue weighted by atomic mass is 10.0. The van der Waals surface area contributed by atoms with E-state index in [1.165, 1.54) is 173 Å². The van der Waals surface area contributed by atoms with Gasteiger partial charge in [-0.2, -0.15) is 0 Å². The number of amides is 1. The molecule has 0 saturated carbocycles. The molecule has 3 N–H and O–H groups in total. The average Bonchev–Trinajstić information content (AvgIpc) is 3.13. The van der Waals surface area contributed by atoms with Crippen LogP contribution >= 0.6 is 7.82 Å². The number of aliphatic hydroxyl groups is 1. The van der Waals surface area contributed by atoms with Crippen LogP contribution in [-0.2, 0) is 18.4 Å². The molecule has 0 rings (SSSR count). The topological polar surface area (TPSA) is 105 Å². The van der Waals surface area contributed by atoms with Gasteiger partial charge in [-0.3, -0.25) is 13.8 Å². The van der Waals surface area contributed by atoms with Crippen LogP contribution in [0.1, 0.15) is 226 Å². The lowest BCUT2D eigenvalue weighted by Gasteiger charge is -2.25. The van der Waals surface area contributed by atoms with Crippen molar-refractivity contribution in [2.45, 2.75) is 238 Å². The van der Waals surface area contributed by atoms with Gasteiger partial charge in [0.15, 0.2) is 0 Å². The van der Waals surface area contributed by atoms with Crippen LogP contribution in [0.3, 0.4) is 0 Å². The van der Waals surface area contributed by atoms with Gasteiger partial charge in [-0.1, -0.05) is 212 Å². The summed E-state index contributed by atoms with van der Waals surface area (Å²) < 4.78 is 23.6. The third kappa shape index (κ3) is 41.2. The van der Waals surface area contributed by atoms with E-state index in [1.54, 1.807) is 6.08 Å². The summed E-state index contributed by atoms with van der Waals surface area (Å²) in [6.45, 7) is 4.83. The fourth-order valence-corrected chi connectivity index (χ4v) is 7.72. The number of carbonyl (C=O) groups excluding carboxylic acids is 1. The summed E-state index contributed by atoms with van der Waals surface area (Å²) >= 11 is 0. The van der Waals surface area contributed by atoms with E-state index in [2.05, 4.69) is 19.2 Å². The number of allylic oxidation sites excluding steroid dienone is 1. The molecule has 0 bridgehead atoms. The fourth-order valence-electron chi connectivity index (χ4n) is 6.98. The number of rotatable bonds is 43. The fraction of sp³-hybridized carbons (Fsp3) is 0.935. The lowest BCUT2D eigenvalue weighted by Crippen LogP contribution is -2.45. The molecule has 9 heteroatoms. The van der Waals surface area contributed by atoms with Crippen LogP contribution in [0.5, 0.6) is 0 Å². The van der Waals surface area contributed by atoms with E-state index in [4.69, 9.17) is 9.05 Å². The Morgan fingerprint density at radius 3 is 1.35 bits per heavy atom. The molecular weight excluding hydrogens is 707 g/mol. The number of nitrogens with zero attached hydrogens (tertiary/aromatic N) is 1. The Labute approximate surface area is 342 Å². The molecule has 0 spiro atoms. The van der Waals surface area contributed by atoms with Crippen molar-refractivity contribution in [3.63, 3.8) is 0 Å². The molecule has 3 unspecified atom stereocenters. The van der Waals surface area contributed by atoms with E-state index in [0.717, 1.165) is 32.1 Å². The third-order valence-corrected chi connectivity index (χ3v) is 11.7. The Bertz CT molecular complexity index is 911. The second kappa shape index (κ2) is 38.7. The molecule has 328 valence electrons. The molecule has 0 saturated heterocycles. The van der Waals surface area contributed by atoms with E-state index in [1.807, 2.05) is 27.2 Å². The summed E-state index contributed by atoms with van der Waals surface area (Å²) in [7, 11) is 1.58. The summed E-state index contributed by atoms with van der Waals surface area (Å²) in [4.78, 5) is 23.1. The maximum absolute atomic E-state index is 12.8. The van der Waals surface area contributed by atoms with Gasteiger partial charge < -0.3 is 19.8 Å². The molecule has 0 aromatic carbocycles. The van der Waals surface area contributed by atoms with Gasteiger partial charge >= 0.3 is 7.82 Å². The average molecular weight is 802 g/mol. The van der Waals surface area contributed by atoms with Gasteiger partial charge in [0.2, 0.25) is 5.91 Å². The quantitative estimate of drug-likeness (QED) is 0.0245. The highest BCUT2D eigenvalue weighted by molar-refractivity contribution is 7.47. The van der Waals surface area contributed by atoms with Gasteiger partial charge in [-0.15, -0.1) is 0 Å². The normalized spacial score (nSPS) is 14.4. The summed E-state index contributed by atoms with van der Waals surface area (Å²) in [5, 5.41) is 13.8. The number of phosphoric acid groups is 1. The molecule has 0 aromatic heterocycles. The van der Waals surface area contributed by atoms with Crippen LogP contribution in [0.25, 0.3) is 0 Å².